The van der Waals surface area contributed by atoms with Crippen LogP contribution < -0.4 is 0 Å². The van der Waals surface area contributed by atoms with E-state index >= 15 is 0 Å². The van der Waals surface area contributed by atoms with Crippen LogP contribution >= 0.6 is 11.8 Å². The normalized spacial score (nSPS) is 16.2. The van der Waals surface area contributed by atoms with E-state index in [1.54, 1.807) is 6.92 Å². The van der Waals surface area contributed by atoms with Gasteiger partial charge in [0.1, 0.15) is 5.03 Å². The van der Waals surface area contributed by atoms with E-state index in [1.165, 1.54) is 23.2 Å². The molecule has 2 heterocycles. The molecule has 0 aliphatic carbocycles. The van der Waals surface area contributed by atoms with Crippen LogP contribution in [0, 0.1) is 0 Å². The maximum Gasteiger partial charge on any atom is 0.447 e. The fourth-order valence-electron chi connectivity index (χ4n) is 2.64. The van der Waals surface area contributed by atoms with E-state index in [0.717, 1.165) is 0 Å². The average Bonchev–Trinajstić information content (AvgIpc) is 2.79. The van der Waals surface area contributed by atoms with E-state index in [-0.39, 0.29) is 23.1 Å². The summed E-state index contributed by atoms with van der Waals surface area (Å²) in [6.45, 7) is 3.96. The second-order valence-electron chi connectivity index (χ2n) is 5.63. The third-order valence-electron chi connectivity index (χ3n) is 3.75. The number of alkyl halides is 3. The van der Waals surface area contributed by atoms with Gasteiger partial charge in [-0.3, -0.25) is 14.5 Å². The first-order valence-electron chi connectivity index (χ1n) is 8.18. The molecule has 1 fully saturated rings. The van der Waals surface area contributed by atoms with Gasteiger partial charge in [0.25, 0.3) is 5.91 Å². The van der Waals surface area contributed by atoms with Crippen molar-refractivity contribution in [1.82, 2.24) is 14.8 Å². The predicted molar refractivity (Wildman–Crippen MR) is 89.7 cm³/mol. The Morgan fingerprint density at radius 3 is 2.73 bits per heavy atom. The average molecular weight is 391 g/mol. The van der Waals surface area contributed by atoms with Crippen LogP contribution in [0.15, 0.2) is 23.4 Å². The molecule has 1 aliphatic rings. The molecule has 26 heavy (non-hydrogen) atoms. The number of carbonyl (C=O) groups is 2. The lowest BCUT2D eigenvalue weighted by atomic mass is 10.2. The Bertz CT molecular complexity index is 643. The van der Waals surface area contributed by atoms with E-state index in [2.05, 4.69) is 4.98 Å². The molecule has 10 heteroatoms. The third kappa shape index (κ3) is 6.17. The van der Waals surface area contributed by atoms with Crippen molar-refractivity contribution in [3.63, 3.8) is 0 Å². The van der Waals surface area contributed by atoms with Crippen LogP contribution in [0.2, 0.25) is 0 Å². The van der Waals surface area contributed by atoms with Gasteiger partial charge in [0.2, 0.25) is 0 Å². The molecule has 1 saturated heterocycles. The molecule has 0 bridgehead atoms. The number of amides is 1. The Kier molecular flexibility index (Phi) is 7.27. The Hall–Kier alpha value is -1.81. The highest BCUT2D eigenvalue weighted by atomic mass is 32.2. The summed E-state index contributed by atoms with van der Waals surface area (Å²) in [5.74, 6) is -0.814. The van der Waals surface area contributed by atoms with Gasteiger partial charge in [-0.05, 0) is 25.5 Å². The maximum absolute atomic E-state index is 12.7. The van der Waals surface area contributed by atoms with E-state index in [0.29, 0.717) is 39.2 Å². The van der Waals surface area contributed by atoms with Crippen LogP contribution in [0.4, 0.5) is 13.2 Å². The van der Waals surface area contributed by atoms with Crippen molar-refractivity contribution < 1.29 is 27.5 Å². The van der Waals surface area contributed by atoms with Gasteiger partial charge < -0.3 is 9.64 Å². The molecule has 0 unspecified atom stereocenters. The molecule has 0 radical (unpaired) electrons. The Morgan fingerprint density at radius 2 is 2.04 bits per heavy atom. The number of hydrogen-bond acceptors (Lipinski definition) is 6. The summed E-state index contributed by atoms with van der Waals surface area (Å²) in [5, 5.41) is -0.349. The summed E-state index contributed by atoms with van der Waals surface area (Å²) in [5.41, 5.74) is -4.58. The van der Waals surface area contributed by atoms with Gasteiger partial charge in [-0.15, -0.1) is 0 Å². The van der Waals surface area contributed by atoms with Gasteiger partial charge in [-0.2, -0.15) is 13.2 Å². The second kappa shape index (κ2) is 9.22. The maximum atomic E-state index is 12.7. The first kappa shape index (κ1) is 20.5. The van der Waals surface area contributed by atoms with E-state index in [1.807, 2.05) is 4.90 Å². The first-order valence-corrected chi connectivity index (χ1v) is 9.00. The number of pyridine rings is 1. The number of carbonyl (C=O) groups excluding carboxylic acids is 2. The molecular formula is C16H20F3N3O3S. The number of ether oxygens (including phenoxy) is 1. The van der Waals surface area contributed by atoms with E-state index < -0.39 is 23.2 Å². The topological polar surface area (TPSA) is 62.7 Å². The summed E-state index contributed by atoms with van der Waals surface area (Å²) in [6, 6.07) is 2.79. The minimum Gasteiger partial charge on any atom is -0.465 e. The molecule has 1 aromatic heterocycles. The fourth-order valence-corrected chi connectivity index (χ4v) is 3.23. The second-order valence-corrected chi connectivity index (χ2v) is 6.68. The zero-order valence-corrected chi connectivity index (χ0v) is 15.1. The quantitative estimate of drug-likeness (QED) is 0.567. The Labute approximate surface area is 153 Å². The zero-order chi connectivity index (χ0) is 19.2. The lowest BCUT2D eigenvalue weighted by molar-refractivity contribution is -0.144. The smallest absolute Gasteiger partial charge is 0.447 e. The standard InChI is InChI=1S/C16H20F3N3O3S/c1-2-25-13(23)11-21-7-4-8-22(10-9-21)15(24)12-5-3-6-20-14(12)26-16(17,18)19/h3,5-6H,2,4,7-11H2,1H3. The minimum absolute atomic E-state index is 0.0614. The van der Waals surface area contributed by atoms with Gasteiger partial charge in [0.15, 0.2) is 0 Å². The van der Waals surface area contributed by atoms with Gasteiger partial charge in [0.05, 0.1) is 18.7 Å². The SMILES string of the molecule is CCOC(=O)CN1CCCN(C(=O)c2cccnc2SC(F)(F)F)CC1. The highest BCUT2D eigenvalue weighted by molar-refractivity contribution is 8.00. The zero-order valence-electron chi connectivity index (χ0n) is 14.3. The summed E-state index contributed by atoms with van der Waals surface area (Å²) in [6.07, 6.45) is 1.85. The van der Waals surface area contributed by atoms with Crippen LogP contribution in [0.5, 0.6) is 0 Å². The van der Waals surface area contributed by atoms with Crippen molar-refractivity contribution in [3.05, 3.63) is 23.9 Å². The van der Waals surface area contributed by atoms with Crippen LogP contribution in [-0.4, -0.2) is 71.5 Å². The summed E-state index contributed by atoms with van der Waals surface area (Å²) in [7, 11) is 0. The number of rotatable bonds is 5. The first-order chi connectivity index (χ1) is 12.3. The molecule has 1 aliphatic heterocycles. The molecule has 0 saturated carbocycles. The van der Waals surface area contributed by atoms with E-state index in [9.17, 15) is 22.8 Å². The van der Waals surface area contributed by atoms with E-state index in [4.69, 9.17) is 4.74 Å². The fraction of sp³-hybridized carbons (Fsp3) is 0.562. The number of aromatic nitrogens is 1. The third-order valence-corrected chi connectivity index (χ3v) is 4.50. The summed E-state index contributed by atoms with van der Waals surface area (Å²) < 4.78 is 42.9. The molecular weight excluding hydrogens is 371 g/mol. The minimum atomic E-state index is -4.52. The molecule has 1 amide bonds. The van der Waals surface area contributed by atoms with Crippen molar-refractivity contribution >= 4 is 23.6 Å². The van der Waals surface area contributed by atoms with Gasteiger partial charge in [-0.1, -0.05) is 0 Å². The van der Waals surface area contributed by atoms with Gasteiger partial charge in [-0.25, -0.2) is 4.98 Å². The molecule has 6 nitrogen and oxygen atoms in total. The number of hydrogen-bond donors (Lipinski definition) is 0. The molecule has 0 aromatic carbocycles. The van der Waals surface area contributed by atoms with Crippen molar-refractivity contribution in [2.24, 2.45) is 0 Å². The van der Waals surface area contributed by atoms with Crippen LogP contribution in [0.3, 0.4) is 0 Å². The van der Waals surface area contributed by atoms with Crippen molar-refractivity contribution in [3.8, 4) is 0 Å². The number of thioether (sulfide) groups is 1. The number of nitrogens with zero attached hydrogens (tertiary/aromatic N) is 3. The molecule has 0 atom stereocenters. The molecule has 0 spiro atoms. The van der Waals surface area contributed by atoms with Crippen molar-refractivity contribution in [2.45, 2.75) is 23.9 Å². The van der Waals surface area contributed by atoms with Crippen LogP contribution in [-0.2, 0) is 9.53 Å². The van der Waals surface area contributed by atoms with Crippen LogP contribution in [0.1, 0.15) is 23.7 Å². The number of esters is 1. The predicted octanol–water partition coefficient (Wildman–Crippen LogP) is 2.40. The Morgan fingerprint density at radius 1 is 1.27 bits per heavy atom. The highest BCUT2D eigenvalue weighted by Gasteiger charge is 2.33. The molecule has 0 N–H and O–H groups in total. The largest absolute Gasteiger partial charge is 0.465 e. The molecule has 2 rings (SSSR count). The Balaban J connectivity index is 2.03. The molecule has 1 aromatic rings. The monoisotopic (exact) mass is 391 g/mol. The van der Waals surface area contributed by atoms with Crippen molar-refractivity contribution in [1.29, 1.82) is 0 Å². The highest BCUT2D eigenvalue weighted by Crippen LogP contribution is 2.37. The van der Waals surface area contributed by atoms with Crippen molar-refractivity contribution in [2.75, 3.05) is 39.3 Å². The lowest BCUT2D eigenvalue weighted by Gasteiger charge is -2.22. The summed E-state index contributed by atoms with van der Waals surface area (Å²) >= 11 is -0.391. The lowest BCUT2D eigenvalue weighted by Crippen LogP contribution is -2.37. The summed E-state index contributed by atoms with van der Waals surface area (Å²) in [4.78, 5) is 31.3. The molecule has 144 valence electrons. The van der Waals surface area contributed by atoms with Crippen LogP contribution in [0.25, 0.3) is 0 Å². The van der Waals surface area contributed by atoms with Gasteiger partial charge >= 0.3 is 11.5 Å². The van der Waals surface area contributed by atoms with Gasteiger partial charge in [0, 0.05) is 44.1 Å². The number of halogens is 3.